The number of ether oxygens (including phenoxy) is 1. The number of esters is 1. The number of carbonyl (C=O) groups is 1. The fraction of sp³-hybridized carbons (Fsp3) is 0.667. The summed E-state index contributed by atoms with van der Waals surface area (Å²) in [5, 5.41) is 0. The highest BCUT2D eigenvalue weighted by molar-refractivity contribution is 8.15. The van der Waals surface area contributed by atoms with Gasteiger partial charge in [0.2, 0.25) is 0 Å². The Morgan fingerprint density at radius 2 is 2.22 bits per heavy atom. The molecule has 0 bridgehead atoms. The molecule has 1 rings (SSSR count). The van der Waals surface area contributed by atoms with E-state index in [9.17, 15) is 4.79 Å². The van der Waals surface area contributed by atoms with Crippen molar-refractivity contribution in [2.24, 2.45) is 0 Å². The summed E-state index contributed by atoms with van der Waals surface area (Å²) in [6.45, 7) is 0.597. The molecule has 9 heavy (non-hydrogen) atoms. The van der Waals surface area contributed by atoms with E-state index in [2.05, 4.69) is 0 Å². The molecule has 1 aliphatic heterocycles. The van der Waals surface area contributed by atoms with Gasteiger partial charge in [0, 0.05) is 6.42 Å². The lowest BCUT2D eigenvalue weighted by Gasteiger charge is -1.93. The second kappa shape index (κ2) is 2.52. The van der Waals surface area contributed by atoms with Crippen LogP contribution in [0.25, 0.3) is 0 Å². The molecular formula is C6H10O2S. The van der Waals surface area contributed by atoms with Crippen molar-refractivity contribution in [3.63, 3.8) is 0 Å². The maximum Gasteiger partial charge on any atom is 0.339 e. The average molecular weight is 146 g/mol. The van der Waals surface area contributed by atoms with E-state index in [-0.39, 0.29) is 16.5 Å². The maximum atomic E-state index is 10.8. The lowest BCUT2D eigenvalue weighted by molar-refractivity contribution is -0.132. The first-order valence-electron chi connectivity index (χ1n) is 2.82. The molecule has 1 fully saturated rings. The summed E-state index contributed by atoms with van der Waals surface area (Å²) < 4.78 is 4.76. The third kappa shape index (κ3) is 1.33. The maximum absolute atomic E-state index is 10.8. The zero-order valence-corrected chi connectivity index (χ0v) is 6.46. The van der Waals surface area contributed by atoms with Gasteiger partial charge < -0.3 is 4.74 Å². The third-order valence-corrected chi connectivity index (χ3v) is 2.64. The quantitative estimate of drug-likeness (QED) is 0.370. The van der Waals surface area contributed by atoms with Crippen LogP contribution in [0.2, 0.25) is 0 Å². The molecule has 1 saturated heterocycles. The van der Waals surface area contributed by atoms with Crippen molar-refractivity contribution in [3.05, 3.63) is 0 Å². The summed E-state index contributed by atoms with van der Waals surface area (Å²) in [6.07, 6.45) is 4.93. The van der Waals surface area contributed by atoms with Crippen molar-refractivity contribution in [1.29, 1.82) is 0 Å². The van der Waals surface area contributed by atoms with E-state index in [4.69, 9.17) is 4.74 Å². The first kappa shape index (κ1) is 6.81. The number of hydrogen-bond acceptors (Lipinski definition) is 2. The van der Waals surface area contributed by atoms with Gasteiger partial charge in [0.05, 0.1) is 11.5 Å². The van der Waals surface area contributed by atoms with Gasteiger partial charge in [-0.3, -0.25) is 0 Å². The second-order valence-electron chi connectivity index (χ2n) is 2.13. The molecule has 0 spiro atoms. The highest BCUT2D eigenvalue weighted by Gasteiger charge is 2.19. The predicted octanol–water partition coefficient (Wildman–Crippen LogP) is 0.634. The molecule has 3 heteroatoms. The Hall–Kier alpha value is -0.310. The second-order valence-corrected chi connectivity index (χ2v) is 4.25. The lowest BCUT2D eigenvalue weighted by Crippen LogP contribution is -2.05. The van der Waals surface area contributed by atoms with Crippen LogP contribution in [0.4, 0.5) is 0 Å². The lowest BCUT2D eigenvalue weighted by atomic mass is 10.4. The molecule has 0 saturated carbocycles. The molecule has 52 valence electrons. The van der Waals surface area contributed by atoms with Crippen LogP contribution >= 0.6 is 10.5 Å². The molecule has 0 radical (unpaired) electrons. The van der Waals surface area contributed by atoms with Crippen molar-refractivity contribution < 1.29 is 9.53 Å². The van der Waals surface area contributed by atoms with Crippen molar-refractivity contribution in [2.45, 2.75) is 6.42 Å². The molecule has 0 amide bonds. The van der Waals surface area contributed by atoms with Gasteiger partial charge in [-0.15, -0.1) is 0 Å². The van der Waals surface area contributed by atoms with Crippen LogP contribution in [0.5, 0.6) is 0 Å². The monoisotopic (exact) mass is 146 g/mol. The van der Waals surface area contributed by atoms with Crippen molar-refractivity contribution in [3.8, 4) is 0 Å². The molecule has 0 atom stereocenters. The zero-order chi connectivity index (χ0) is 6.85. The average Bonchev–Trinajstić information content (AvgIpc) is 2.13. The minimum absolute atomic E-state index is 0.0802. The Balaban J connectivity index is 2.83. The number of carbonyl (C=O) groups excluding carboxylic acids is 1. The SMILES string of the molecule is CS(C)=C1CCOC1=O. The van der Waals surface area contributed by atoms with Crippen LogP contribution in [-0.2, 0) is 9.53 Å². The first-order valence-corrected chi connectivity index (χ1v) is 4.86. The number of cyclic esters (lactones) is 1. The van der Waals surface area contributed by atoms with Crippen molar-refractivity contribution in [1.82, 2.24) is 0 Å². The standard InChI is InChI=1S/C6H10O2S/c1-9(2)5-3-4-8-6(5)7/h3-4H2,1-2H3. The number of rotatable bonds is 0. The summed E-state index contributed by atoms with van der Waals surface area (Å²) >= 11 is 0. The Kier molecular flexibility index (Phi) is 1.90. The Labute approximate surface area is 57.1 Å². The Morgan fingerprint density at radius 3 is 2.44 bits per heavy atom. The van der Waals surface area contributed by atoms with Gasteiger partial charge in [-0.2, -0.15) is 10.5 Å². The van der Waals surface area contributed by atoms with E-state index in [0.717, 1.165) is 11.3 Å². The van der Waals surface area contributed by atoms with Crippen LogP contribution < -0.4 is 0 Å². The summed E-state index contributed by atoms with van der Waals surface area (Å²) in [5.41, 5.74) is 0. The highest BCUT2D eigenvalue weighted by Crippen LogP contribution is 2.12. The van der Waals surface area contributed by atoms with E-state index < -0.39 is 0 Å². The van der Waals surface area contributed by atoms with E-state index >= 15 is 0 Å². The smallest absolute Gasteiger partial charge is 0.339 e. The van der Waals surface area contributed by atoms with Gasteiger partial charge >= 0.3 is 5.97 Å². The third-order valence-electron chi connectivity index (χ3n) is 1.28. The van der Waals surface area contributed by atoms with Gasteiger partial charge in [0.1, 0.15) is 0 Å². The van der Waals surface area contributed by atoms with Crippen LogP contribution in [0.1, 0.15) is 6.42 Å². The van der Waals surface area contributed by atoms with E-state index in [1.165, 1.54) is 0 Å². The van der Waals surface area contributed by atoms with E-state index in [0.29, 0.717) is 6.61 Å². The fourth-order valence-electron chi connectivity index (χ4n) is 0.790. The van der Waals surface area contributed by atoms with Crippen LogP contribution in [0, 0.1) is 0 Å². The molecule has 0 aromatic heterocycles. The molecule has 1 aliphatic rings. The molecule has 0 aromatic carbocycles. The molecule has 0 unspecified atom stereocenters. The van der Waals surface area contributed by atoms with Crippen molar-refractivity contribution >= 4 is 21.3 Å². The summed E-state index contributed by atoms with van der Waals surface area (Å²) in [4.78, 5) is 11.7. The van der Waals surface area contributed by atoms with Gasteiger partial charge in [-0.05, 0) is 12.5 Å². The molecule has 2 nitrogen and oxygen atoms in total. The Morgan fingerprint density at radius 1 is 1.56 bits per heavy atom. The minimum Gasteiger partial charge on any atom is -0.462 e. The summed E-state index contributed by atoms with van der Waals surface area (Å²) in [5.74, 6) is -0.0802. The normalized spacial score (nSPS) is 19.0. The summed E-state index contributed by atoms with van der Waals surface area (Å²) in [7, 11) is 0.121. The molecular weight excluding hydrogens is 136 g/mol. The van der Waals surface area contributed by atoms with Gasteiger partial charge in [0.15, 0.2) is 0 Å². The topological polar surface area (TPSA) is 26.3 Å². The van der Waals surface area contributed by atoms with Gasteiger partial charge in [-0.1, -0.05) is 0 Å². The van der Waals surface area contributed by atoms with Gasteiger partial charge in [0.25, 0.3) is 0 Å². The largest absolute Gasteiger partial charge is 0.462 e. The van der Waals surface area contributed by atoms with E-state index in [1.807, 2.05) is 12.5 Å². The molecule has 0 aromatic rings. The number of hydrogen-bond donors (Lipinski definition) is 0. The fourth-order valence-corrected chi connectivity index (χ4v) is 1.67. The molecule has 0 N–H and O–H groups in total. The Bertz CT molecular complexity index is 168. The van der Waals surface area contributed by atoms with Crippen molar-refractivity contribution in [2.75, 3.05) is 19.1 Å². The molecule has 1 heterocycles. The van der Waals surface area contributed by atoms with Crippen LogP contribution in [-0.4, -0.2) is 30.0 Å². The van der Waals surface area contributed by atoms with Crippen LogP contribution in [0.3, 0.4) is 0 Å². The molecule has 0 aliphatic carbocycles. The minimum atomic E-state index is -0.0802. The summed E-state index contributed by atoms with van der Waals surface area (Å²) in [6, 6.07) is 0. The van der Waals surface area contributed by atoms with E-state index in [1.54, 1.807) is 0 Å². The van der Waals surface area contributed by atoms with Crippen LogP contribution in [0.15, 0.2) is 0 Å². The highest BCUT2D eigenvalue weighted by atomic mass is 32.2. The van der Waals surface area contributed by atoms with Gasteiger partial charge in [-0.25, -0.2) is 4.79 Å². The zero-order valence-electron chi connectivity index (χ0n) is 5.64. The predicted molar refractivity (Wildman–Crippen MR) is 40.0 cm³/mol. The first-order chi connectivity index (χ1) is 4.22.